The van der Waals surface area contributed by atoms with Crippen LogP contribution in [0.3, 0.4) is 0 Å². The molecule has 0 aliphatic carbocycles. The molecule has 4 N–H and O–H groups in total. The van der Waals surface area contributed by atoms with Crippen LogP contribution in [0.4, 0.5) is 0 Å². The number of ether oxygens (including phenoxy) is 2. The molecule has 0 atom stereocenters. The van der Waals surface area contributed by atoms with E-state index < -0.39 is 11.9 Å². The van der Waals surface area contributed by atoms with Crippen molar-refractivity contribution in [3.05, 3.63) is 81.4 Å². The number of nitrogens with zero attached hydrogens (tertiary/aromatic N) is 1. The molecule has 0 saturated heterocycles. The number of rotatable bonds is 5. The van der Waals surface area contributed by atoms with E-state index >= 15 is 0 Å². The monoisotopic (exact) mass is 539 g/mol. The Morgan fingerprint density at radius 2 is 1.77 bits per heavy atom. The number of benzene rings is 1. The minimum Gasteiger partial charge on any atom is -0.693 e. The number of hydrogen-bond acceptors (Lipinski definition) is 5. The Kier molecular flexibility index (Phi) is 19.9. The predicted octanol–water partition coefficient (Wildman–Crippen LogP) is 4.49. The molecule has 0 amide bonds. The molecule has 1 heterocycles. The van der Waals surface area contributed by atoms with Crippen LogP contribution in [0.15, 0.2) is 42.6 Å². The first-order valence-corrected chi connectivity index (χ1v) is 6.36. The first-order chi connectivity index (χ1) is 10.1. The summed E-state index contributed by atoms with van der Waals surface area (Å²) in [5.41, 5.74) is 2.49. The van der Waals surface area contributed by atoms with Crippen molar-refractivity contribution in [2.75, 3.05) is 6.61 Å². The quantitative estimate of drug-likeness (QED) is 0.409. The summed E-state index contributed by atoms with van der Waals surface area (Å²) in [7, 11) is 0. The third kappa shape index (κ3) is 10.7. The molecule has 0 saturated carbocycles. The number of esters is 2. The Bertz CT molecular complexity index is 622. The van der Waals surface area contributed by atoms with Crippen LogP contribution in [0.1, 0.15) is 12.5 Å². The number of nitrogens with two attached hydrogens (primary N) is 2. The van der Waals surface area contributed by atoms with E-state index in [1.807, 2.05) is 30.3 Å². The van der Waals surface area contributed by atoms with Gasteiger partial charge in [0.2, 0.25) is 0 Å². The molecule has 0 fully saturated rings. The minimum absolute atomic E-state index is 0. The van der Waals surface area contributed by atoms with Gasteiger partial charge in [0.15, 0.2) is 6.61 Å². The van der Waals surface area contributed by atoms with Gasteiger partial charge in [0, 0.05) is 33.2 Å². The van der Waals surface area contributed by atoms with Gasteiger partial charge in [-0.25, -0.2) is 4.79 Å². The van der Waals surface area contributed by atoms with Crippen LogP contribution in [0.25, 0.3) is 23.6 Å². The third-order valence-electron chi connectivity index (χ3n) is 2.61. The normalized spacial score (nSPS) is 8.04. The smallest absolute Gasteiger partial charge is 0.343 e. The van der Waals surface area contributed by atoms with Crippen molar-refractivity contribution in [2.24, 2.45) is 0 Å². The Hall–Kier alpha value is -2.12. The van der Waals surface area contributed by atoms with Gasteiger partial charge in [-0.15, -0.1) is 29.8 Å². The number of carbonyl (C=O) groups is 2. The summed E-state index contributed by atoms with van der Waals surface area (Å²) < 4.78 is 9.51. The van der Waals surface area contributed by atoms with Gasteiger partial charge in [0.25, 0.3) is 0 Å². The molecule has 0 bridgehead atoms. The number of hydrogen-bond donors (Lipinski definition) is 0. The van der Waals surface area contributed by atoms with E-state index in [0.29, 0.717) is 0 Å². The number of pyridine rings is 1. The predicted molar refractivity (Wildman–Crippen MR) is 98.3 cm³/mol. The minimum atomic E-state index is -0.584. The Morgan fingerprint density at radius 1 is 1.08 bits per heavy atom. The molecule has 2 aromatic rings. The number of carbonyl (C=O) groups excluding carboxylic acids is 2. The molecule has 7 nitrogen and oxygen atoms in total. The van der Waals surface area contributed by atoms with Crippen LogP contribution < -0.4 is 0 Å². The second kappa shape index (κ2) is 16.4. The summed E-state index contributed by atoms with van der Waals surface area (Å²) in [5.74, 6) is -1.10. The summed E-state index contributed by atoms with van der Waals surface area (Å²) in [6, 6.07) is 14.2. The van der Waals surface area contributed by atoms with Gasteiger partial charge in [0.05, 0.1) is 6.61 Å². The van der Waals surface area contributed by atoms with Gasteiger partial charge in [-0.2, -0.15) is 0 Å². The standard InChI is InChI=1S/C16H14NO4.2CH3.Ir.2H2N/c1-12(18)20-11-16(19)21-10-13-5-7-14(8-6-13)15-4-2-3-9-17-15;;;;;/h2-7,9H,10-11H2,1H3;2*1H3;;2*1H2/q3*-1;;2*-1. The largest absolute Gasteiger partial charge is 0.693 e. The summed E-state index contributed by atoms with van der Waals surface area (Å²) in [4.78, 5) is 26.1. The van der Waals surface area contributed by atoms with Gasteiger partial charge in [-0.3, -0.25) is 4.79 Å². The fourth-order valence-corrected chi connectivity index (χ4v) is 1.59. The van der Waals surface area contributed by atoms with Crippen LogP contribution >= 0.6 is 0 Å². The molecule has 8 heteroatoms. The fraction of sp³-hybridized carbons (Fsp3) is 0.167. The molecule has 1 aromatic heterocycles. The molecule has 26 heavy (non-hydrogen) atoms. The zero-order valence-corrected chi connectivity index (χ0v) is 17.4. The van der Waals surface area contributed by atoms with Crippen LogP contribution in [0.5, 0.6) is 0 Å². The van der Waals surface area contributed by atoms with Crippen LogP contribution in [0, 0.1) is 20.9 Å². The van der Waals surface area contributed by atoms with Gasteiger partial charge in [-0.05, 0) is 11.8 Å². The summed E-state index contributed by atoms with van der Waals surface area (Å²) in [5, 5.41) is 0. The molecule has 0 spiro atoms. The molecule has 2 rings (SSSR count). The van der Waals surface area contributed by atoms with E-state index in [1.54, 1.807) is 12.3 Å². The van der Waals surface area contributed by atoms with Gasteiger partial charge >= 0.3 is 11.9 Å². The molecule has 1 radical (unpaired) electrons. The zero-order valence-electron chi connectivity index (χ0n) is 15.0. The SMILES string of the molecule is CC(=O)OCC(=O)OCc1c[c-]c(-c2ccccn2)cc1.[CH3-].[CH3-].[Ir].[NH2-].[NH2-]. The molecule has 0 unspecified atom stereocenters. The first-order valence-electron chi connectivity index (χ1n) is 6.36. The van der Waals surface area contributed by atoms with Crippen molar-refractivity contribution >= 4 is 11.9 Å². The van der Waals surface area contributed by atoms with Crippen molar-refractivity contribution in [2.45, 2.75) is 13.5 Å². The van der Waals surface area contributed by atoms with Crippen molar-refractivity contribution in [1.82, 2.24) is 4.98 Å². The Morgan fingerprint density at radius 3 is 2.27 bits per heavy atom. The van der Waals surface area contributed by atoms with Crippen molar-refractivity contribution in [3.63, 3.8) is 0 Å². The molecule has 0 aliphatic heterocycles. The van der Waals surface area contributed by atoms with E-state index in [2.05, 4.69) is 15.8 Å². The summed E-state index contributed by atoms with van der Waals surface area (Å²) in [6.45, 7) is 0.975. The second-order valence-electron chi connectivity index (χ2n) is 4.27. The number of aromatic nitrogens is 1. The first kappa shape index (κ1) is 31.6. The van der Waals surface area contributed by atoms with Gasteiger partial charge in [-0.1, -0.05) is 17.7 Å². The van der Waals surface area contributed by atoms with Crippen molar-refractivity contribution in [3.8, 4) is 11.3 Å². The topological polar surface area (TPSA) is 132 Å². The molecule has 149 valence electrons. The van der Waals surface area contributed by atoms with Gasteiger partial charge < -0.3 is 41.6 Å². The van der Waals surface area contributed by atoms with E-state index in [-0.39, 0.29) is 60.5 Å². The van der Waals surface area contributed by atoms with Crippen LogP contribution in [0.2, 0.25) is 0 Å². The molecular formula is C18H24IrN3O4-5. The molecule has 1 aromatic carbocycles. The van der Waals surface area contributed by atoms with E-state index in [4.69, 9.17) is 4.74 Å². The van der Waals surface area contributed by atoms with Gasteiger partial charge in [0.1, 0.15) is 0 Å². The Balaban J connectivity index is -0.000000484. The third-order valence-corrected chi connectivity index (χ3v) is 2.61. The van der Waals surface area contributed by atoms with Crippen LogP contribution in [-0.2, 0) is 45.8 Å². The second-order valence-corrected chi connectivity index (χ2v) is 4.27. The fourth-order valence-electron chi connectivity index (χ4n) is 1.59. The molecular weight excluding hydrogens is 514 g/mol. The van der Waals surface area contributed by atoms with Crippen LogP contribution in [-0.4, -0.2) is 23.5 Å². The van der Waals surface area contributed by atoms with E-state index in [0.717, 1.165) is 16.8 Å². The van der Waals surface area contributed by atoms with Crippen molar-refractivity contribution < 1.29 is 39.2 Å². The van der Waals surface area contributed by atoms with E-state index in [9.17, 15) is 9.59 Å². The van der Waals surface area contributed by atoms with Crippen molar-refractivity contribution in [1.29, 1.82) is 0 Å². The Labute approximate surface area is 169 Å². The maximum Gasteiger partial charge on any atom is 0.343 e. The van der Waals surface area contributed by atoms with E-state index in [1.165, 1.54) is 6.92 Å². The average molecular weight is 539 g/mol. The maximum atomic E-state index is 11.3. The maximum absolute atomic E-state index is 11.3. The summed E-state index contributed by atoms with van der Waals surface area (Å²) in [6.07, 6.45) is 1.72. The zero-order chi connectivity index (χ0) is 15.1. The average Bonchev–Trinajstić information content (AvgIpc) is 2.52. The molecule has 0 aliphatic rings. The summed E-state index contributed by atoms with van der Waals surface area (Å²) >= 11 is 0.